The quantitative estimate of drug-likeness (QED) is 0.853. The third-order valence-corrected chi connectivity index (χ3v) is 4.49. The average Bonchev–Trinajstić information content (AvgIpc) is 3.11. The Kier molecular flexibility index (Phi) is 5.23. The predicted molar refractivity (Wildman–Crippen MR) is 93.3 cm³/mol. The summed E-state index contributed by atoms with van der Waals surface area (Å²) in [7, 11) is 1.64. The number of rotatable bonds is 6. The number of carbonyl (C=O) groups excluding carboxylic acids is 1. The van der Waals surface area contributed by atoms with E-state index in [1.165, 1.54) is 0 Å². The average molecular weight is 325 g/mol. The van der Waals surface area contributed by atoms with Gasteiger partial charge < -0.3 is 15.4 Å². The summed E-state index contributed by atoms with van der Waals surface area (Å²) in [5.74, 6) is 0.0533. The first-order valence-corrected chi connectivity index (χ1v) is 8.22. The Labute approximate surface area is 142 Å². The first-order chi connectivity index (χ1) is 11.7. The van der Waals surface area contributed by atoms with Crippen LogP contribution in [0.15, 0.2) is 48.7 Å². The normalized spacial score (nSPS) is 20.0. The number of nitrogens with one attached hydrogen (secondary N) is 2. The van der Waals surface area contributed by atoms with Crippen molar-refractivity contribution < 1.29 is 9.53 Å². The summed E-state index contributed by atoms with van der Waals surface area (Å²) < 4.78 is 5.27. The number of ether oxygens (including phenoxy) is 1. The molecule has 1 aliphatic heterocycles. The summed E-state index contributed by atoms with van der Waals surface area (Å²) in [6.07, 6.45) is 2.59. The molecule has 3 rings (SSSR count). The smallest absolute Gasteiger partial charge is 0.230 e. The molecule has 2 N–H and O–H groups in total. The molecule has 1 amide bonds. The fourth-order valence-corrected chi connectivity index (χ4v) is 3.15. The molecule has 5 nitrogen and oxygen atoms in total. The zero-order valence-electron chi connectivity index (χ0n) is 13.9. The highest BCUT2D eigenvalue weighted by molar-refractivity contribution is 5.83. The van der Waals surface area contributed by atoms with E-state index < -0.39 is 5.41 Å². The maximum Gasteiger partial charge on any atom is 0.230 e. The fraction of sp³-hybridized carbons (Fsp3) is 0.368. The molecule has 1 unspecified atom stereocenters. The largest absolute Gasteiger partial charge is 0.384 e. The Morgan fingerprint density at radius 1 is 1.33 bits per heavy atom. The molecule has 2 heterocycles. The summed E-state index contributed by atoms with van der Waals surface area (Å²) in [6, 6.07) is 14.0. The van der Waals surface area contributed by atoms with E-state index in [0.717, 1.165) is 29.8 Å². The van der Waals surface area contributed by atoms with Gasteiger partial charge in [0.25, 0.3) is 0 Å². The summed E-state index contributed by atoms with van der Waals surface area (Å²) >= 11 is 0. The van der Waals surface area contributed by atoms with Crippen LogP contribution in [0.1, 0.15) is 12.0 Å². The lowest BCUT2D eigenvalue weighted by Crippen LogP contribution is -2.45. The first-order valence-electron chi connectivity index (χ1n) is 8.22. The fourth-order valence-electron chi connectivity index (χ4n) is 3.15. The van der Waals surface area contributed by atoms with Crippen LogP contribution in [0.5, 0.6) is 0 Å². The highest BCUT2D eigenvalue weighted by Gasteiger charge is 2.41. The van der Waals surface area contributed by atoms with Gasteiger partial charge in [-0.1, -0.05) is 24.3 Å². The second-order valence-electron chi connectivity index (χ2n) is 6.24. The monoisotopic (exact) mass is 325 g/mol. The van der Waals surface area contributed by atoms with Crippen LogP contribution in [-0.4, -0.2) is 37.7 Å². The van der Waals surface area contributed by atoms with E-state index in [1.54, 1.807) is 13.3 Å². The van der Waals surface area contributed by atoms with E-state index >= 15 is 0 Å². The standard InChI is InChI=1S/C19H23N3O2/c1-24-14-19(8-10-20-13-19)18(23)22-12-15-5-4-6-16(11-15)17-7-2-3-9-21-17/h2-7,9,11,20H,8,10,12-14H2,1H3,(H,22,23). The van der Waals surface area contributed by atoms with Gasteiger partial charge in [-0.05, 0) is 36.7 Å². The number of hydrogen-bond acceptors (Lipinski definition) is 4. The zero-order chi connectivity index (χ0) is 16.8. The van der Waals surface area contributed by atoms with E-state index in [0.29, 0.717) is 19.7 Å². The molecule has 5 heteroatoms. The van der Waals surface area contributed by atoms with Gasteiger partial charge in [-0.15, -0.1) is 0 Å². The van der Waals surface area contributed by atoms with Crippen molar-refractivity contribution in [2.45, 2.75) is 13.0 Å². The molecule has 1 saturated heterocycles. The minimum atomic E-state index is -0.451. The molecule has 1 aromatic carbocycles. The second-order valence-corrected chi connectivity index (χ2v) is 6.24. The molecule has 24 heavy (non-hydrogen) atoms. The van der Waals surface area contributed by atoms with Crippen molar-refractivity contribution in [3.05, 3.63) is 54.2 Å². The van der Waals surface area contributed by atoms with Gasteiger partial charge in [-0.2, -0.15) is 0 Å². The Bertz CT molecular complexity index is 682. The number of methoxy groups -OCH3 is 1. The summed E-state index contributed by atoms with van der Waals surface area (Å²) in [4.78, 5) is 17.0. The lowest BCUT2D eigenvalue weighted by Gasteiger charge is -2.26. The number of carbonyl (C=O) groups is 1. The van der Waals surface area contributed by atoms with E-state index in [4.69, 9.17) is 4.74 Å². The van der Waals surface area contributed by atoms with Gasteiger partial charge in [0, 0.05) is 32.0 Å². The SMILES string of the molecule is COCC1(C(=O)NCc2cccc(-c3ccccn3)c2)CCNC1. The number of amides is 1. The van der Waals surface area contributed by atoms with E-state index in [-0.39, 0.29) is 5.91 Å². The molecule has 126 valence electrons. The third kappa shape index (κ3) is 3.63. The molecule has 1 aliphatic rings. The summed E-state index contributed by atoms with van der Waals surface area (Å²) in [5, 5.41) is 6.32. The maximum atomic E-state index is 12.6. The Morgan fingerprint density at radius 3 is 2.96 bits per heavy atom. The van der Waals surface area contributed by atoms with Gasteiger partial charge in [0.15, 0.2) is 0 Å². The summed E-state index contributed by atoms with van der Waals surface area (Å²) in [5.41, 5.74) is 2.59. The number of nitrogens with zero attached hydrogens (tertiary/aromatic N) is 1. The minimum Gasteiger partial charge on any atom is -0.384 e. The van der Waals surface area contributed by atoms with Crippen LogP contribution in [0.2, 0.25) is 0 Å². The van der Waals surface area contributed by atoms with Gasteiger partial charge >= 0.3 is 0 Å². The lowest BCUT2D eigenvalue weighted by atomic mass is 9.87. The minimum absolute atomic E-state index is 0.0533. The Hall–Kier alpha value is -2.24. The van der Waals surface area contributed by atoms with Gasteiger partial charge in [-0.3, -0.25) is 9.78 Å². The van der Waals surface area contributed by atoms with Crippen molar-refractivity contribution >= 4 is 5.91 Å². The third-order valence-electron chi connectivity index (χ3n) is 4.49. The molecule has 0 aliphatic carbocycles. The molecule has 0 bridgehead atoms. The predicted octanol–water partition coefficient (Wildman–Crippen LogP) is 1.99. The van der Waals surface area contributed by atoms with Crippen molar-refractivity contribution in [3.63, 3.8) is 0 Å². The second kappa shape index (κ2) is 7.55. The molecule has 1 aromatic heterocycles. The van der Waals surface area contributed by atoms with E-state index in [1.807, 2.05) is 36.4 Å². The maximum absolute atomic E-state index is 12.6. The first kappa shape index (κ1) is 16.6. The van der Waals surface area contributed by atoms with Crippen molar-refractivity contribution in [1.82, 2.24) is 15.6 Å². The topological polar surface area (TPSA) is 63.2 Å². The van der Waals surface area contributed by atoms with Crippen molar-refractivity contribution in [3.8, 4) is 11.3 Å². The molecular weight excluding hydrogens is 302 g/mol. The molecule has 0 radical (unpaired) electrons. The molecule has 1 fully saturated rings. The zero-order valence-corrected chi connectivity index (χ0v) is 13.9. The van der Waals surface area contributed by atoms with E-state index in [2.05, 4.69) is 21.7 Å². The Morgan fingerprint density at radius 2 is 2.25 bits per heavy atom. The van der Waals surface area contributed by atoms with Crippen LogP contribution in [0.4, 0.5) is 0 Å². The van der Waals surface area contributed by atoms with Crippen LogP contribution in [-0.2, 0) is 16.1 Å². The van der Waals surface area contributed by atoms with Gasteiger partial charge in [0.1, 0.15) is 0 Å². The molecule has 0 saturated carbocycles. The van der Waals surface area contributed by atoms with Crippen LogP contribution in [0.3, 0.4) is 0 Å². The number of hydrogen-bond donors (Lipinski definition) is 2. The van der Waals surface area contributed by atoms with Gasteiger partial charge in [0.05, 0.1) is 17.7 Å². The van der Waals surface area contributed by atoms with E-state index in [9.17, 15) is 4.79 Å². The molecular formula is C19H23N3O2. The van der Waals surface area contributed by atoms with Crippen LogP contribution in [0.25, 0.3) is 11.3 Å². The lowest BCUT2D eigenvalue weighted by molar-refractivity contribution is -0.133. The number of aromatic nitrogens is 1. The van der Waals surface area contributed by atoms with Gasteiger partial charge in [-0.25, -0.2) is 0 Å². The highest BCUT2D eigenvalue weighted by atomic mass is 16.5. The highest BCUT2D eigenvalue weighted by Crippen LogP contribution is 2.26. The van der Waals surface area contributed by atoms with Crippen LogP contribution < -0.4 is 10.6 Å². The summed E-state index contributed by atoms with van der Waals surface area (Å²) in [6.45, 7) is 2.47. The van der Waals surface area contributed by atoms with Crippen LogP contribution >= 0.6 is 0 Å². The molecule has 2 aromatic rings. The number of pyridine rings is 1. The molecule has 0 spiro atoms. The number of benzene rings is 1. The van der Waals surface area contributed by atoms with Gasteiger partial charge in [0.2, 0.25) is 5.91 Å². The molecule has 1 atom stereocenters. The Balaban J connectivity index is 1.67. The van der Waals surface area contributed by atoms with Crippen molar-refractivity contribution in [1.29, 1.82) is 0 Å². The van der Waals surface area contributed by atoms with Crippen LogP contribution in [0, 0.1) is 5.41 Å². The van der Waals surface area contributed by atoms with Crippen molar-refractivity contribution in [2.24, 2.45) is 5.41 Å². The van der Waals surface area contributed by atoms with Crippen molar-refractivity contribution in [2.75, 3.05) is 26.8 Å².